The van der Waals surface area contributed by atoms with Gasteiger partial charge in [0.25, 0.3) is 0 Å². The van der Waals surface area contributed by atoms with Gasteiger partial charge < -0.3 is 0 Å². The van der Waals surface area contributed by atoms with Crippen LogP contribution in [0.15, 0.2) is 0 Å². The molecule has 0 aliphatic carbocycles. The van der Waals surface area contributed by atoms with Crippen molar-refractivity contribution >= 4 is 36.9 Å². The first-order valence-corrected chi connectivity index (χ1v) is 18.1. The lowest BCUT2D eigenvalue weighted by Crippen LogP contribution is -2.28. The number of hydrogen-bond acceptors (Lipinski definition) is 0. The molecule has 0 aliphatic rings. The summed E-state index contributed by atoms with van der Waals surface area (Å²) in [4.78, 5) is 0. The zero-order valence-electron chi connectivity index (χ0n) is 17.1. The fourth-order valence-electron chi connectivity index (χ4n) is 3.61. The summed E-state index contributed by atoms with van der Waals surface area (Å²) in [6, 6.07) is 8.00. The van der Waals surface area contributed by atoms with Gasteiger partial charge in [-0.1, -0.05) is 91.9 Å². The van der Waals surface area contributed by atoms with Crippen molar-refractivity contribution in [3.63, 3.8) is 0 Å². The third-order valence-corrected chi connectivity index (χ3v) is 16.3. The van der Waals surface area contributed by atoms with Crippen molar-refractivity contribution in [2.24, 2.45) is 0 Å². The van der Waals surface area contributed by atoms with Gasteiger partial charge in [-0.15, -0.1) is 0 Å². The molecule has 0 aliphatic heterocycles. The molecule has 24 heavy (non-hydrogen) atoms. The van der Waals surface area contributed by atoms with Gasteiger partial charge >= 0.3 is 0 Å². The molecule has 0 nitrogen and oxygen atoms in total. The lowest BCUT2D eigenvalue weighted by molar-refractivity contribution is 0.787. The first kappa shape index (κ1) is 25.0. The highest BCUT2D eigenvalue weighted by Crippen LogP contribution is 2.35. The average Bonchev–Trinajstić information content (AvgIpc) is 2.59. The summed E-state index contributed by atoms with van der Waals surface area (Å²) < 4.78 is 0. The molecular formula is C20H44Cl2Si2. The molecule has 4 heteroatoms. The third-order valence-electron chi connectivity index (χ3n) is 5.41. The van der Waals surface area contributed by atoms with E-state index in [0.717, 1.165) is 0 Å². The molecule has 0 unspecified atom stereocenters. The Kier molecular flexibility index (Phi) is 15.7. The minimum atomic E-state index is -1.49. The first-order chi connectivity index (χ1) is 11.4. The average molecular weight is 412 g/mol. The highest BCUT2D eigenvalue weighted by atomic mass is 35.6. The second-order valence-electron chi connectivity index (χ2n) is 7.92. The Morgan fingerprint density at radius 1 is 0.417 bits per heavy atom. The van der Waals surface area contributed by atoms with Gasteiger partial charge in [0.1, 0.15) is 0 Å². The van der Waals surface area contributed by atoms with Crippen LogP contribution in [0, 0.1) is 0 Å². The minimum Gasteiger partial charge on any atom is -0.167 e. The Morgan fingerprint density at radius 3 is 0.833 bits per heavy atom. The highest BCUT2D eigenvalue weighted by molar-refractivity contribution is 7.21. The van der Waals surface area contributed by atoms with Crippen molar-refractivity contribution in [1.82, 2.24) is 0 Å². The van der Waals surface area contributed by atoms with Crippen LogP contribution in [0.5, 0.6) is 0 Å². The molecule has 0 N–H and O–H groups in total. The van der Waals surface area contributed by atoms with E-state index in [1.165, 1.54) is 100 Å². The predicted molar refractivity (Wildman–Crippen MR) is 121 cm³/mol. The predicted octanol–water partition coefficient (Wildman–Crippen LogP) is 9.34. The fourth-order valence-corrected chi connectivity index (χ4v) is 13.2. The molecule has 0 heterocycles. The highest BCUT2D eigenvalue weighted by Gasteiger charge is 2.31. The summed E-state index contributed by atoms with van der Waals surface area (Å²) >= 11 is 14.3. The maximum atomic E-state index is 7.13. The largest absolute Gasteiger partial charge is 0.167 e. The Balaban J connectivity index is 4.33. The van der Waals surface area contributed by atoms with Crippen molar-refractivity contribution < 1.29 is 0 Å². The van der Waals surface area contributed by atoms with E-state index >= 15 is 0 Å². The summed E-state index contributed by atoms with van der Waals surface area (Å²) in [6.07, 6.45) is 13.2. The standard InChI is InChI=1S/C20H44Cl2Si2/c1-5-9-15-23(21,16-10-6-2)19-13-14-20-24(22,17-11-7-3)18-12-8-4/h5-20H2,1-4H3. The Labute approximate surface area is 164 Å². The van der Waals surface area contributed by atoms with E-state index in [9.17, 15) is 0 Å². The Hall–Kier alpha value is 1.01. The molecule has 0 aromatic carbocycles. The van der Waals surface area contributed by atoms with E-state index in [4.69, 9.17) is 22.2 Å². The van der Waals surface area contributed by atoms with Gasteiger partial charge in [0.05, 0.1) is 0 Å². The minimum absolute atomic E-state index is 1.29. The number of hydrogen-bond donors (Lipinski definition) is 0. The molecule has 0 bridgehead atoms. The van der Waals surface area contributed by atoms with E-state index < -0.39 is 14.8 Å². The molecule has 0 saturated heterocycles. The van der Waals surface area contributed by atoms with Crippen LogP contribution in [0.3, 0.4) is 0 Å². The molecule has 0 atom stereocenters. The lowest BCUT2D eigenvalue weighted by Gasteiger charge is -2.27. The molecular weight excluding hydrogens is 367 g/mol. The van der Waals surface area contributed by atoms with E-state index in [-0.39, 0.29) is 0 Å². The van der Waals surface area contributed by atoms with Crippen LogP contribution in [0.1, 0.15) is 91.9 Å². The molecule has 0 saturated carbocycles. The molecule has 0 amide bonds. The van der Waals surface area contributed by atoms with E-state index in [0.29, 0.717) is 0 Å². The van der Waals surface area contributed by atoms with Crippen LogP contribution in [0.25, 0.3) is 0 Å². The fraction of sp³-hybridized carbons (Fsp3) is 1.00. The lowest BCUT2D eigenvalue weighted by atomic mass is 10.4. The van der Waals surface area contributed by atoms with Gasteiger partial charge in [-0.25, -0.2) is 0 Å². The zero-order chi connectivity index (χ0) is 18.3. The van der Waals surface area contributed by atoms with Crippen LogP contribution in [-0.2, 0) is 0 Å². The third kappa shape index (κ3) is 12.4. The number of halogens is 2. The number of rotatable bonds is 17. The van der Waals surface area contributed by atoms with Crippen molar-refractivity contribution in [3.8, 4) is 0 Å². The van der Waals surface area contributed by atoms with Crippen LogP contribution < -0.4 is 0 Å². The van der Waals surface area contributed by atoms with Gasteiger partial charge in [0.2, 0.25) is 0 Å². The molecule has 146 valence electrons. The normalized spacial score (nSPS) is 12.8. The summed E-state index contributed by atoms with van der Waals surface area (Å²) in [5.41, 5.74) is 0. The molecule has 0 rings (SSSR count). The SMILES string of the molecule is CCCC[Si](Cl)(CCCC)CCCC[Si](Cl)(CCCC)CCCC. The van der Waals surface area contributed by atoms with Gasteiger partial charge in [-0.2, -0.15) is 22.2 Å². The monoisotopic (exact) mass is 410 g/mol. The topological polar surface area (TPSA) is 0 Å². The van der Waals surface area contributed by atoms with Gasteiger partial charge in [0.15, 0.2) is 14.8 Å². The second-order valence-corrected chi connectivity index (χ2v) is 20.3. The van der Waals surface area contributed by atoms with Crippen LogP contribution in [0.2, 0.25) is 36.3 Å². The first-order valence-electron chi connectivity index (χ1n) is 10.8. The molecule has 0 spiro atoms. The summed E-state index contributed by atoms with van der Waals surface area (Å²) in [5, 5.41) is 0. The van der Waals surface area contributed by atoms with Gasteiger partial charge in [-0.3, -0.25) is 0 Å². The van der Waals surface area contributed by atoms with Gasteiger partial charge in [0, 0.05) is 0 Å². The van der Waals surface area contributed by atoms with Crippen molar-refractivity contribution in [3.05, 3.63) is 0 Å². The maximum absolute atomic E-state index is 7.13. The molecule has 0 fully saturated rings. The smallest absolute Gasteiger partial charge is 0.156 e. The Bertz CT molecular complexity index is 241. The quantitative estimate of drug-likeness (QED) is 0.127. The van der Waals surface area contributed by atoms with Crippen LogP contribution in [0.4, 0.5) is 0 Å². The molecule has 0 aromatic heterocycles. The summed E-state index contributed by atoms with van der Waals surface area (Å²) in [6.45, 7) is 9.17. The van der Waals surface area contributed by atoms with Crippen molar-refractivity contribution in [2.45, 2.75) is 128 Å². The van der Waals surface area contributed by atoms with Crippen LogP contribution in [-0.4, -0.2) is 14.8 Å². The number of unbranched alkanes of at least 4 members (excludes halogenated alkanes) is 5. The molecule has 0 radical (unpaired) electrons. The van der Waals surface area contributed by atoms with E-state index in [1.807, 2.05) is 0 Å². The van der Waals surface area contributed by atoms with Crippen molar-refractivity contribution in [2.75, 3.05) is 0 Å². The van der Waals surface area contributed by atoms with Crippen molar-refractivity contribution in [1.29, 1.82) is 0 Å². The summed E-state index contributed by atoms with van der Waals surface area (Å²) in [5.74, 6) is 0. The van der Waals surface area contributed by atoms with Gasteiger partial charge in [-0.05, 0) is 36.3 Å². The van der Waals surface area contributed by atoms with Crippen LogP contribution >= 0.6 is 22.2 Å². The zero-order valence-corrected chi connectivity index (χ0v) is 20.6. The second kappa shape index (κ2) is 15.1. The molecule has 0 aromatic rings. The van der Waals surface area contributed by atoms with E-state index in [2.05, 4.69) is 27.7 Å². The Morgan fingerprint density at radius 2 is 0.625 bits per heavy atom. The summed E-state index contributed by atoms with van der Waals surface area (Å²) in [7, 11) is -2.99. The van der Waals surface area contributed by atoms with E-state index in [1.54, 1.807) is 0 Å². The maximum Gasteiger partial charge on any atom is 0.156 e.